The fourth-order valence-electron chi connectivity index (χ4n) is 6.05. The molecule has 0 aliphatic heterocycles. The summed E-state index contributed by atoms with van der Waals surface area (Å²) in [4.78, 5) is 18.3. The smallest absolute Gasteiger partial charge is 0.176 e. The molecule has 4 heteroatoms. The van der Waals surface area contributed by atoms with E-state index in [4.69, 9.17) is 0 Å². The van der Waals surface area contributed by atoms with Crippen molar-refractivity contribution < 1.29 is 4.79 Å². The molecular weight excluding hydrogens is 503 g/mol. The normalized spacial score (nSPS) is 21.7. The van der Waals surface area contributed by atoms with Crippen molar-refractivity contribution in [3.8, 4) is 21.6 Å². The van der Waals surface area contributed by atoms with Gasteiger partial charge in [-0.05, 0) is 84.3 Å². The van der Waals surface area contributed by atoms with Crippen LogP contribution in [-0.4, -0.2) is 12.3 Å². The number of fused-ring (bicyclic) bond motifs is 2. The van der Waals surface area contributed by atoms with E-state index >= 15 is 0 Å². The summed E-state index contributed by atoms with van der Waals surface area (Å²) in [6.45, 7) is 3.71. The average Bonchev–Trinajstić information content (AvgIpc) is 3.63. The van der Waals surface area contributed by atoms with Gasteiger partial charge in [0.05, 0.1) is 9.75 Å². The van der Waals surface area contributed by atoms with Crippen molar-refractivity contribution in [1.29, 1.82) is 0 Å². The number of ketones is 1. The molecule has 0 amide bonds. The summed E-state index contributed by atoms with van der Waals surface area (Å²) in [5, 5.41) is 6.28. The molecule has 2 aliphatic carbocycles. The third kappa shape index (κ3) is 5.20. The largest absolute Gasteiger partial charge is 0.312 e. The van der Waals surface area contributed by atoms with Gasteiger partial charge in [0, 0.05) is 22.2 Å². The van der Waals surface area contributed by atoms with Gasteiger partial charge in [0.25, 0.3) is 0 Å². The molecule has 38 heavy (non-hydrogen) atoms. The fourth-order valence-corrected chi connectivity index (χ4v) is 8.06. The molecule has 0 unspecified atom stereocenters. The molecular formula is C34H31NOS2. The van der Waals surface area contributed by atoms with E-state index in [1.54, 1.807) is 22.7 Å². The van der Waals surface area contributed by atoms with Gasteiger partial charge in [0.2, 0.25) is 0 Å². The second-order valence-electron chi connectivity index (χ2n) is 10.2. The molecule has 2 heterocycles. The summed E-state index contributed by atoms with van der Waals surface area (Å²) in [6.07, 6.45) is 6.85. The zero-order valence-corrected chi connectivity index (χ0v) is 23.2. The third-order valence-electron chi connectivity index (χ3n) is 7.90. The van der Waals surface area contributed by atoms with Gasteiger partial charge in [-0.15, -0.1) is 28.6 Å². The number of nitrogens with one attached hydrogen (secondary N) is 1. The Morgan fingerprint density at radius 3 is 2.34 bits per heavy atom. The molecule has 0 bridgehead atoms. The molecule has 0 spiro atoms. The number of carbonyl (C=O) groups excluding carboxylic acids is 1. The Labute approximate surface area is 232 Å². The van der Waals surface area contributed by atoms with Crippen LogP contribution in [0.25, 0.3) is 21.9 Å². The van der Waals surface area contributed by atoms with Crippen LogP contribution in [0.2, 0.25) is 0 Å². The maximum Gasteiger partial charge on any atom is 0.176 e. The van der Waals surface area contributed by atoms with Gasteiger partial charge in [-0.25, -0.2) is 0 Å². The maximum absolute atomic E-state index is 14.0. The predicted molar refractivity (Wildman–Crippen MR) is 160 cm³/mol. The van der Waals surface area contributed by atoms with Gasteiger partial charge in [-0.2, -0.15) is 0 Å². The van der Waals surface area contributed by atoms with Gasteiger partial charge < -0.3 is 5.32 Å². The average molecular weight is 534 g/mol. The van der Waals surface area contributed by atoms with E-state index in [-0.39, 0.29) is 11.8 Å². The Morgan fingerprint density at radius 2 is 1.55 bits per heavy atom. The quantitative estimate of drug-likeness (QED) is 0.221. The Hall–Kier alpha value is -3.23. The first-order chi connectivity index (χ1) is 18.7. The summed E-state index contributed by atoms with van der Waals surface area (Å²) >= 11 is 3.33. The lowest BCUT2D eigenvalue weighted by Crippen LogP contribution is -2.45. The summed E-state index contributed by atoms with van der Waals surface area (Å²) in [5.41, 5.74) is 1.31. The zero-order valence-electron chi connectivity index (χ0n) is 21.5. The van der Waals surface area contributed by atoms with Gasteiger partial charge in [-0.1, -0.05) is 72.7 Å². The van der Waals surface area contributed by atoms with Crippen LogP contribution in [0.15, 0.2) is 78.9 Å². The number of rotatable bonds is 7. The van der Waals surface area contributed by atoms with Crippen LogP contribution in [0.1, 0.15) is 39.9 Å². The second kappa shape index (κ2) is 11.3. The van der Waals surface area contributed by atoms with Crippen molar-refractivity contribution in [3.05, 3.63) is 105 Å². The number of hydrogen-bond acceptors (Lipinski definition) is 4. The molecule has 4 atom stereocenters. The van der Waals surface area contributed by atoms with Crippen LogP contribution >= 0.6 is 22.7 Å². The molecule has 0 saturated heterocycles. The molecule has 2 nitrogen and oxygen atoms in total. The van der Waals surface area contributed by atoms with E-state index in [1.807, 2.05) is 13.0 Å². The van der Waals surface area contributed by atoms with E-state index in [9.17, 15) is 4.79 Å². The highest BCUT2D eigenvalue weighted by Crippen LogP contribution is 2.44. The molecule has 2 aromatic carbocycles. The minimum Gasteiger partial charge on any atom is -0.312 e. The molecule has 4 aromatic rings. The van der Waals surface area contributed by atoms with Crippen LogP contribution in [0, 0.1) is 35.5 Å². The number of hydrogen-bond donors (Lipinski definition) is 1. The lowest BCUT2D eigenvalue weighted by atomic mass is 9.63. The summed E-state index contributed by atoms with van der Waals surface area (Å²) < 4.78 is 0. The van der Waals surface area contributed by atoms with Crippen molar-refractivity contribution in [2.75, 3.05) is 6.54 Å². The molecule has 1 fully saturated rings. The van der Waals surface area contributed by atoms with Crippen LogP contribution in [0.4, 0.5) is 0 Å². The highest BCUT2D eigenvalue weighted by atomic mass is 32.1. The van der Waals surface area contributed by atoms with Crippen LogP contribution < -0.4 is 15.8 Å². The fraction of sp³-hybridized carbons (Fsp3) is 0.265. The Kier molecular flexibility index (Phi) is 7.42. The molecule has 2 aliphatic rings. The molecule has 190 valence electrons. The Morgan fingerprint density at radius 1 is 0.842 bits per heavy atom. The van der Waals surface area contributed by atoms with Crippen molar-refractivity contribution in [1.82, 2.24) is 5.32 Å². The van der Waals surface area contributed by atoms with Crippen LogP contribution in [0.3, 0.4) is 0 Å². The van der Waals surface area contributed by atoms with Gasteiger partial charge in [-0.3, -0.25) is 4.79 Å². The minimum absolute atomic E-state index is 0.0198. The second-order valence-corrected chi connectivity index (χ2v) is 12.4. The highest BCUT2D eigenvalue weighted by Gasteiger charge is 2.41. The van der Waals surface area contributed by atoms with Crippen LogP contribution in [0.5, 0.6) is 0 Å². The van der Waals surface area contributed by atoms with E-state index in [0.717, 1.165) is 40.6 Å². The molecule has 6 rings (SSSR count). The minimum atomic E-state index is 0.0198. The predicted octanol–water partition coefficient (Wildman–Crippen LogP) is 6.35. The summed E-state index contributed by atoms with van der Waals surface area (Å²) in [5.74, 6) is 7.55. The van der Waals surface area contributed by atoms with E-state index < -0.39 is 0 Å². The number of Topliss-reactive ketones (excluding diaryl/α,β-unsaturated/α-hetero) is 1. The van der Waals surface area contributed by atoms with E-state index in [0.29, 0.717) is 17.6 Å². The third-order valence-corrected chi connectivity index (χ3v) is 10.2. The maximum atomic E-state index is 14.0. The lowest BCUT2D eigenvalue weighted by molar-refractivity contribution is 0.0796. The van der Waals surface area contributed by atoms with Gasteiger partial charge in [0.1, 0.15) is 0 Å². The highest BCUT2D eigenvalue weighted by molar-refractivity contribution is 7.23. The first kappa shape index (κ1) is 25.1. The van der Waals surface area contributed by atoms with Crippen molar-refractivity contribution in [2.45, 2.75) is 26.3 Å². The molecule has 0 radical (unpaired) electrons. The zero-order chi connectivity index (χ0) is 25.9. The molecule has 1 N–H and O–H groups in total. The summed E-state index contributed by atoms with van der Waals surface area (Å²) in [7, 11) is 0. The van der Waals surface area contributed by atoms with Gasteiger partial charge >= 0.3 is 0 Å². The number of benzene rings is 2. The number of thiophene rings is 2. The Bertz CT molecular complexity index is 1620. The Balaban J connectivity index is 1.23. The van der Waals surface area contributed by atoms with Crippen molar-refractivity contribution in [2.24, 2.45) is 23.7 Å². The summed E-state index contributed by atoms with van der Waals surface area (Å²) in [6, 6.07) is 27.6. The molecule has 1 saturated carbocycles. The van der Waals surface area contributed by atoms with Crippen LogP contribution in [-0.2, 0) is 6.54 Å². The topological polar surface area (TPSA) is 29.1 Å². The van der Waals surface area contributed by atoms with Crippen molar-refractivity contribution >= 4 is 40.6 Å². The van der Waals surface area contributed by atoms with E-state index in [1.165, 1.54) is 20.9 Å². The molecule has 2 aromatic heterocycles. The first-order valence-corrected chi connectivity index (χ1v) is 15.0. The lowest BCUT2D eigenvalue weighted by Gasteiger charge is -2.41. The SMILES string of the molecule is CC#Cc1ccc(-c2ccc(C(=O)[C@@H]3CC[C@@H](CNCc4ccccc4)[C@@H]4C=c5ccccc5=C[C@H]43)s2)s1. The number of carbonyl (C=O) groups is 1. The van der Waals surface area contributed by atoms with Gasteiger partial charge in [0.15, 0.2) is 5.78 Å². The monoisotopic (exact) mass is 533 g/mol. The first-order valence-electron chi connectivity index (χ1n) is 13.4. The van der Waals surface area contributed by atoms with Crippen molar-refractivity contribution in [3.63, 3.8) is 0 Å². The standard InChI is InChI=1S/C34H31NOS2/c1-2-8-27-14-16-31(37-27)32-17-18-33(38-32)34(36)28-15-13-26(22-35-21-23-9-4-3-5-10-23)29-19-24-11-6-7-12-25(24)20-30(28)29/h3-7,9-12,14,16-20,26,28-30,35H,13,15,21-22H2,1H3/t26-,28+,29-,30-/m0/s1. The van der Waals surface area contributed by atoms with E-state index in [2.05, 4.69) is 102 Å².